The van der Waals surface area contributed by atoms with Crippen molar-refractivity contribution in [1.29, 1.82) is 0 Å². The number of imide groups is 1. The van der Waals surface area contributed by atoms with Crippen LogP contribution in [-0.2, 0) is 9.59 Å². The smallest absolute Gasteiger partial charge is 0.294 e. The molecule has 3 rings (SSSR count). The van der Waals surface area contributed by atoms with Gasteiger partial charge in [-0.2, -0.15) is 0 Å². The van der Waals surface area contributed by atoms with Crippen LogP contribution < -0.4 is 14.8 Å². The number of hydrogen-bond acceptors (Lipinski definition) is 6. The lowest BCUT2D eigenvalue weighted by Crippen LogP contribution is -2.36. The van der Waals surface area contributed by atoms with E-state index < -0.39 is 17.1 Å². The minimum atomic E-state index is -0.523. The van der Waals surface area contributed by atoms with Crippen LogP contribution in [0.4, 0.5) is 10.5 Å². The quantitative estimate of drug-likeness (QED) is 0.638. The lowest BCUT2D eigenvalue weighted by atomic mass is 10.0. The molecular weight excluding hydrogens is 416 g/mol. The number of rotatable bonds is 7. The van der Waals surface area contributed by atoms with Crippen LogP contribution in [0.1, 0.15) is 30.9 Å². The van der Waals surface area contributed by atoms with Crippen LogP contribution in [-0.4, -0.2) is 42.7 Å². The molecule has 3 amide bonds. The molecule has 0 saturated carbocycles. The van der Waals surface area contributed by atoms with Crippen molar-refractivity contribution < 1.29 is 23.9 Å². The molecule has 1 heterocycles. The summed E-state index contributed by atoms with van der Waals surface area (Å²) < 4.78 is 10.6. The van der Waals surface area contributed by atoms with Crippen molar-refractivity contribution in [2.24, 2.45) is 0 Å². The van der Waals surface area contributed by atoms with Crippen molar-refractivity contribution in [2.45, 2.75) is 19.8 Å². The molecule has 8 heteroatoms. The first-order chi connectivity index (χ1) is 14.8. The van der Waals surface area contributed by atoms with Gasteiger partial charge in [0.05, 0.1) is 19.1 Å². The number of thioether (sulfide) groups is 1. The maximum absolute atomic E-state index is 12.7. The van der Waals surface area contributed by atoms with E-state index >= 15 is 0 Å². The highest BCUT2D eigenvalue weighted by molar-refractivity contribution is 8.18. The second-order valence-corrected chi connectivity index (χ2v) is 8.17. The van der Waals surface area contributed by atoms with E-state index in [0.29, 0.717) is 28.7 Å². The molecule has 162 valence electrons. The Kier molecular flexibility index (Phi) is 7.02. The third-order valence-corrected chi connectivity index (χ3v) is 5.66. The van der Waals surface area contributed by atoms with E-state index in [1.54, 1.807) is 36.4 Å². The van der Waals surface area contributed by atoms with Gasteiger partial charge in [-0.15, -0.1) is 0 Å². The number of methoxy groups -OCH3 is 2. The predicted molar refractivity (Wildman–Crippen MR) is 121 cm³/mol. The molecule has 7 nitrogen and oxygen atoms in total. The van der Waals surface area contributed by atoms with E-state index in [-0.39, 0.29) is 11.4 Å². The standard InChI is InChI=1S/C23H24N2O5S/c1-14(2)15-8-10-17(11-9-15)24-20(26)13-25-22(27)19(31-23(25)28)12-16-6-5-7-18(29-3)21(16)30-4/h5-12,14H,13H2,1-4H3,(H,24,26)/b19-12+. The first-order valence-electron chi connectivity index (χ1n) is 9.70. The van der Waals surface area contributed by atoms with Crippen LogP contribution in [0.25, 0.3) is 6.08 Å². The van der Waals surface area contributed by atoms with Crippen LogP contribution in [0.3, 0.4) is 0 Å². The van der Waals surface area contributed by atoms with Gasteiger partial charge in [0.25, 0.3) is 11.1 Å². The molecule has 31 heavy (non-hydrogen) atoms. The Labute approximate surface area is 185 Å². The summed E-state index contributed by atoms with van der Waals surface area (Å²) in [5.41, 5.74) is 2.36. The zero-order valence-electron chi connectivity index (χ0n) is 17.8. The molecule has 0 radical (unpaired) electrons. The van der Waals surface area contributed by atoms with Crippen LogP contribution in [0.2, 0.25) is 0 Å². The van der Waals surface area contributed by atoms with Crippen molar-refractivity contribution in [2.75, 3.05) is 26.1 Å². The first-order valence-corrected chi connectivity index (χ1v) is 10.5. The van der Waals surface area contributed by atoms with Crippen molar-refractivity contribution in [1.82, 2.24) is 4.90 Å². The van der Waals surface area contributed by atoms with Gasteiger partial charge in [0.2, 0.25) is 5.91 Å². The van der Waals surface area contributed by atoms with E-state index in [4.69, 9.17) is 9.47 Å². The van der Waals surface area contributed by atoms with Gasteiger partial charge in [0.15, 0.2) is 11.5 Å². The average molecular weight is 441 g/mol. The molecule has 2 aromatic carbocycles. The van der Waals surface area contributed by atoms with E-state index in [0.717, 1.165) is 22.2 Å². The van der Waals surface area contributed by atoms with E-state index in [9.17, 15) is 14.4 Å². The predicted octanol–water partition coefficient (Wildman–Crippen LogP) is 4.50. The molecule has 1 aliphatic heterocycles. The van der Waals surface area contributed by atoms with Gasteiger partial charge in [-0.05, 0) is 47.5 Å². The molecule has 0 atom stereocenters. The molecule has 2 aromatic rings. The summed E-state index contributed by atoms with van der Waals surface area (Å²) in [4.78, 5) is 38.7. The molecule has 0 spiro atoms. The molecule has 1 saturated heterocycles. The highest BCUT2D eigenvalue weighted by Gasteiger charge is 2.36. The summed E-state index contributed by atoms with van der Waals surface area (Å²) in [5, 5.41) is 2.23. The van der Waals surface area contributed by atoms with Crippen molar-refractivity contribution in [3.8, 4) is 11.5 Å². The summed E-state index contributed by atoms with van der Waals surface area (Å²) >= 11 is 0.785. The Morgan fingerprint density at radius 2 is 1.81 bits per heavy atom. The highest BCUT2D eigenvalue weighted by Crippen LogP contribution is 2.37. The molecule has 0 aliphatic carbocycles. The van der Waals surface area contributed by atoms with Gasteiger partial charge in [0, 0.05) is 11.3 Å². The maximum Gasteiger partial charge on any atom is 0.294 e. The number of ether oxygens (including phenoxy) is 2. The summed E-state index contributed by atoms with van der Waals surface area (Å²) in [6.45, 7) is 3.81. The van der Waals surface area contributed by atoms with Crippen LogP contribution >= 0.6 is 11.8 Å². The monoisotopic (exact) mass is 440 g/mol. The highest BCUT2D eigenvalue weighted by atomic mass is 32.2. The van der Waals surface area contributed by atoms with Crippen LogP contribution in [0, 0.1) is 0 Å². The molecule has 1 N–H and O–H groups in total. The fraction of sp³-hybridized carbons (Fsp3) is 0.261. The second-order valence-electron chi connectivity index (χ2n) is 7.18. The fourth-order valence-corrected chi connectivity index (χ4v) is 3.93. The third-order valence-electron chi connectivity index (χ3n) is 4.76. The Bertz CT molecular complexity index is 1030. The molecule has 1 aliphatic rings. The number of anilines is 1. The molecule has 1 fully saturated rings. The van der Waals surface area contributed by atoms with E-state index in [1.165, 1.54) is 14.2 Å². The number of benzene rings is 2. The van der Waals surface area contributed by atoms with E-state index in [1.807, 2.05) is 12.1 Å². The number of carbonyl (C=O) groups excluding carboxylic acids is 3. The van der Waals surface area contributed by atoms with Gasteiger partial charge in [0.1, 0.15) is 6.54 Å². The second kappa shape index (κ2) is 9.70. The lowest BCUT2D eigenvalue weighted by molar-refractivity contribution is -0.127. The summed E-state index contributed by atoms with van der Waals surface area (Å²) in [5.74, 6) is 0.387. The Morgan fingerprint density at radius 3 is 2.42 bits per heavy atom. The summed E-state index contributed by atoms with van der Waals surface area (Å²) in [6, 6.07) is 12.7. The number of amides is 3. The number of carbonyl (C=O) groups is 3. The van der Waals surface area contributed by atoms with Gasteiger partial charge >= 0.3 is 0 Å². The minimum Gasteiger partial charge on any atom is -0.493 e. The fourth-order valence-electron chi connectivity index (χ4n) is 3.10. The Morgan fingerprint density at radius 1 is 1.10 bits per heavy atom. The van der Waals surface area contributed by atoms with Crippen molar-refractivity contribution in [3.63, 3.8) is 0 Å². The molecule has 0 unspecified atom stereocenters. The van der Waals surface area contributed by atoms with Gasteiger partial charge in [-0.1, -0.05) is 38.1 Å². The minimum absolute atomic E-state index is 0.214. The number of para-hydroxylation sites is 1. The van der Waals surface area contributed by atoms with Crippen molar-refractivity contribution >= 4 is 40.6 Å². The Balaban J connectivity index is 1.72. The zero-order chi connectivity index (χ0) is 22.5. The number of hydrogen-bond donors (Lipinski definition) is 1. The number of nitrogens with one attached hydrogen (secondary N) is 1. The van der Waals surface area contributed by atoms with Crippen LogP contribution in [0.5, 0.6) is 11.5 Å². The third kappa shape index (κ3) is 5.08. The molecular formula is C23H24N2O5S. The zero-order valence-corrected chi connectivity index (χ0v) is 18.6. The maximum atomic E-state index is 12.7. The van der Waals surface area contributed by atoms with Gasteiger partial charge in [-0.25, -0.2) is 0 Å². The van der Waals surface area contributed by atoms with E-state index in [2.05, 4.69) is 19.2 Å². The van der Waals surface area contributed by atoms with Crippen LogP contribution in [0.15, 0.2) is 47.4 Å². The van der Waals surface area contributed by atoms with Gasteiger partial charge < -0.3 is 14.8 Å². The summed E-state index contributed by atoms with van der Waals surface area (Å²) in [7, 11) is 3.02. The first kappa shape index (κ1) is 22.4. The topological polar surface area (TPSA) is 84.9 Å². The SMILES string of the molecule is COc1cccc(/C=C2/SC(=O)N(CC(=O)Nc3ccc(C(C)C)cc3)C2=O)c1OC. The Hall–Kier alpha value is -3.26. The summed E-state index contributed by atoms with van der Waals surface area (Å²) in [6.07, 6.45) is 1.56. The van der Waals surface area contributed by atoms with Crippen molar-refractivity contribution in [3.05, 3.63) is 58.5 Å². The number of nitrogens with zero attached hydrogens (tertiary/aromatic N) is 1. The lowest BCUT2D eigenvalue weighted by Gasteiger charge is -2.13. The molecule has 0 bridgehead atoms. The largest absolute Gasteiger partial charge is 0.493 e. The van der Waals surface area contributed by atoms with Gasteiger partial charge in [-0.3, -0.25) is 19.3 Å². The average Bonchev–Trinajstić information content (AvgIpc) is 3.01. The molecule has 0 aromatic heterocycles. The normalized spacial score (nSPS) is 15.0.